The second kappa shape index (κ2) is 8.45. The van der Waals surface area contributed by atoms with Crippen LogP contribution in [0.15, 0.2) is 57.4 Å². The quantitative estimate of drug-likeness (QED) is 0.497. The predicted octanol–water partition coefficient (Wildman–Crippen LogP) is 2.84. The molecule has 1 aliphatic heterocycles. The van der Waals surface area contributed by atoms with Gasteiger partial charge < -0.3 is 5.32 Å². The molecule has 0 bridgehead atoms. The van der Waals surface area contributed by atoms with E-state index in [1.54, 1.807) is 18.2 Å². The highest BCUT2D eigenvalue weighted by molar-refractivity contribution is 8.15. The van der Waals surface area contributed by atoms with Crippen molar-refractivity contribution in [2.45, 2.75) is 19.0 Å². The number of aliphatic imine (C=N–C) groups is 1. The van der Waals surface area contributed by atoms with Gasteiger partial charge in [-0.05, 0) is 49.2 Å². The van der Waals surface area contributed by atoms with Crippen molar-refractivity contribution < 1.29 is 9.59 Å². The Labute approximate surface area is 181 Å². The highest BCUT2D eigenvalue weighted by atomic mass is 32.2. The van der Waals surface area contributed by atoms with Gasteiger partial charge in [0, 0.05) is 0 Å². The lowest BCUT2D eigenvalue weighted by atomic mass is 10.1. The predicted molar refractivity (Wildman–Crippen MR) is 121 cm³/mol. The van der Waals surface area contributed by atoms with Gasteiger partial charge in [-0.3, -0.25) is 19.0 Å². The van der Waals surface area contributed by atoms with Crippen LogP contribution in [0.25, 0.3) is 16.6 Å². The number of hydrogen-bond acceptors (Lipinski definition) is 6. The summed E-state index contributed by atoms with van der Waals surface area (Å²) in [5.41, 5.74) is 3.25. The van der Waals surface area contributed by atoms with E-state index in [1.165, 1.54) is 16.3 Å². The van der Waals surface area contributed by atoms with Crippen LogP contribution in [0.3, 0.4) is 0 Å². The smallest absolute Gasteiger partial charge is 0.266 e. The Morgan fingerprint density at radius 3 is 2.73 bits per heavy atom. The summed E-state index contributed by atoms with van der Waals surface area (Å²) in [6.07, 6.45) is 0. The van der Waals surface area contributed by atoms with Gasteiger partial charge in [-0.25, -0.2) is 4.98 Å². The molecule has 2 heterocycles. The van der Waals surface area contributed by atoms with E-state index in [0.29, 0.717) is 26.9 Å². The Balaban J connectivity index is 1.72. The first kappa shape index (κ1) is 20.4. The number of hydrogen-bond donors (Lipinski definition) is 1. The van der Waals surface area contributed by atoms with Gasteiger partial charge in [0.1, 0.15) is 0 Å². The molecule has 30 heavy (non-hydrogen) atoms. The number of rotatable bonds is 4. The van der Waals surface area contributed by atoms with E-state index in [0.717, 1.165) is 22.9 Å². The van der Waals surface area contributed by atoms with Crippen molar-refractivity contribution in [1.29, 1.82) is 0 Å². The van der Waals surface area contributed by atoms with E-state index in [1.807, 2.05) is 38.1 Å². The maximum absolute atomic E-state index is 13.3. The summed E-state index contributed by atoms with van der Waals surface area (Å²) >= 11 is 2.34. The molecule has 9 heteroatoms. The van der Waals surface area contributed by atoms with Gasteiger partial charge in [-0.1, -0.05) is 41.7 Å². The molecule has 1 aliphatic rings. The summed E-state index contributed by atoms with van der Waals surface area (Å²) in [4.78, 5) is 45.3. The molecular weight excluding hydrogens is 420 g/mol. The third-order valence-electron chi connectivity index (χ3n) is 4.63. The van der Waals surface area contributed by atoms with Crippen molar-refractivity contribution >= 4 is 51.4 Å². The van der Waals surface area contributed by atoms with Crippen LogP contribution in [0.2, 0.25) is 0 Å². The standard InChI is InChI=1S/C21H18N4O3S2/c1-12-7-8-14(9-13(12)2)25-19(28)15-5-3-4-6-16(15)22-21(25)30-11-18(27)24-20-23-17(26)10-29-20/h3-9H,10-11H2,1-2H3,(H,23,24,26,27). The zero-order valence-corrected chi connectivity index (χ0v) is 18.0. The first-order chi connectivity index (χ1) is 14.4. The maximum Gasteiger partial charge on any atom is 0.266 e. The number of thioether (sulfide) groups is 2. The number of carbonyl (C=O) groups excluding carboxylic acids is 2. The molecule has 1 fully saturated rings. The number of para-hydroxylation sites is 1. The van der Waals surface area contributed by atoms with Gasteiger partial charge in [0.2, 0.25) is 5.91 Å². The van der Waals surface area contributed by atoms with E-state index >= 15 is 0 Å². The van der Waals surface area contributed by atoms with E-state index in [9.17, 15) is 14.4 Å². The van der Waals surface area contributed by atoms with Crippen LogP contribution in [0.1, 0.15) is 11.1 Å². The van der Waals surface area contributed by atoms with Gasteiger partial charge in [0.15, 0.2) is 10.3 Å². The highest BCUT2D eigenvalue weighted by Crippen LogP contribution is 2.23. The molecule has 0 aliphatic carbocycles. The minimum Gasteiger partial charge on any atom is -0.304 e. The molecule has 2 aromatic carbocycles. The Morgan fingerprint density at radius 1 is 1.20 bits per heavy atom. The van der Waals surface area contributed by atoms with E-state index in [4.69, 9.17) is 0 Å². The third-order valence-corrected chi connectivity index (χ3v) is 6.43. The summed E-state index contributed by atoms with van der Waals surface area (Å²) in [6, 6.07) is 12.9. The molecule has 2 amide bonds. The summed E-state index contributed by atoms with van der Waals surface area (Å²) in [5.74, 6) is -0.314. The van der Waals surface area contributed by atoms with Crippen molar-refractivity contribution in [3.63, 3.8) is 0 Å². The van der Waals surface area contributed by atoms with E-state index in [-0.39, 0.29) is 23.0 Å². The molecule has 1 aromatic heterocycles. The Bertz CT molecular complexity index is 1270. The number of amides is 2. The molecule has 3 aromatic rings. The summed E-state index contributed by atoms with van der Waals surface area (Å²) in [6.45, 7) is 3.99. The zero-order chi connectivity index (χ0) is 21.3. The van der Waals surface area contributed by atoms with E-state index in [2.05, 4.69) is 15.3 Å². The summed E-state index contributed by atoms with van der Waals surface area (Å²) < 4.78 is 1.53. The third kappa shape index (κ3) is 4.17. The number of carbonyl (C=O) groups is 2. The fourth-order valence-corrected chi connectivity index (χ4v) is 4.45. The number of nitrogens with zero attached hydrogens (tertiary/aromatic N) is 3. The molecule has 1 N–H and O–H groups in total. The fourth-order valence-electron chi connectivity index (χ4n) is 2.96. The SMILES string of the molecule is Cc1ccc(-n2c(SCC(=O)N=C3NC(=O)CS3)nc3ccccc3c2=O)cc1C. The number of aromatic nitrogens is 2. The maximum atomic E-state index is 13.3. The average molecular weight is 439 g/mol. The molecule has 0 radical (unpaired) electrons. The number of fused-ring (bicyclic) bond motifs is 1. The number of benzene rings is 2. The minimum absolute atomic E-state index is 0.00441. The Morgan fingerprint density at radius 2 is 2.00 bits per heavy atom. The number of amidine groups is 1. The molecule has 7 nitrogen and oxygen atoms in total. The lowest BCUT2D eigenvalue weighted by Crippen LogP contribution is -2.23. The van der Waals surface area contributed by atoms with Crippen molar-refractivity contribution in [1.82, 2.24) is 14.9 Å². The highest BCUT2D eigenvalue weighted by Gasteiger charge is 2.19. The summed E-state index contributed by atoms with van der Waals surface area (Å²) in [7, 11) is 0. The second-order valence-corrected chi connectivity index (χ2v) is 8.66. The van der Waals surface area contributed by atoms with Crippen molar-refractivity contribution in [3.8, 4) is 5.69 Å². The molecular formula is C21H18N4O3S2. The van der Waals surface area contributed by atoms with Crippen molar-refractivity contribution in [2.75, 3.05) is 11.5 Å². The van der Waals surface area contributed by atoms with Crippen LogP contribution >= 0.6 is 23.5 Å². The van der Waals surface area contributed by atoms with Gasteiger partial charge in [-0.2, -0.15) is 4.99 Å². The molecule has 4 rings (SSSR count). The van der Waals surface area contributed by atoms with Crippen LogP contribution in [0.5, 0.6) is 0 Å². The van der Waals surface area contributed by atoms with Crippen LogP contribution in [0, 0.1) is 13.8 Å². The topological polar surface area (TPSA) is 93.4 Å². The van der Waals surface area contributed by atoms with Crippen molar-refractivity contribution in [2.24, 2.45) is 4.99 Å². The van der Waals surface area contributed by atoms with Gasteiger partial charge in [-0.15, -0.1) is 0 Å². The Hall–Kier alpha value is -2.91. The zero-order valence-electron chi connectivity index (χ0n) is 16.3. The molecule has 0 saturated carbocycles. The Kier molecular flexibility index (Phi) is 5.74. The first-order valence-electron chi connectivity index (χ1n) is 9.19. The molecule has 1 saturated heterocycles. The van der Waals surface area contributed by atoms with E-state index < -0.39 is 5.91 Å². The second-order valence-electron chi connectivity index (χ2n) is 6.76. The largest absolute Gasteiger partial charge is 0.304 e. The lowest BCUT2D eigenvalue weighted by molar-refractivity contribution is -0.116. The monoisotopic (exact) mass is 438 g/mol. The molecule has 0 atom stereocenters. The van der Waals surface area contributed by atoms with Crippen LogP contribution in [-0.4, -0.2) is 38.0 Å². The van der Waals surface area contributed by atoms with Crippen LogP contribution in [-0.2, 0) is 9.59 Å². The van der Waals surface area contributed by atoms with Crippen LogP contribution < -0.4 is 10.9 Å². The minimum atomic E-state index is -0.404. The number of aryl methyl sites for hydroxylation is 2. The fraction of sp³-hybridized carbons (Fsp3) is 0.190. The summed E-state index contributed by atoms with van der Waals surface area (Å²) in [5, 5.41) is 3.77. The van der Waals surface area contributed by atoms with Gasteiger partial charge in [0.25, 0.3) is 11.5 Å². The molecule has 0 spiro atoms. The van der Waals surface area contributed by atoms with Gasteiger partial charge in [0.05, 0.1) is 28.1 Å². The molecule has 152 valence electrons. The molecule has 0 unspecified atom stereocenters. The van der Waals surface area contributed by atoms with Crippen LogP contribution in [0.4, 0.5) is 0 Å². The number of nitrogens with one attached hydrogen (secondary N) is 1. The van der Waals surface area contributed by atoms with Gasteiger partial charge >= 0.3 is 0 Å². The normalized spacial score (nSPS) is 15.0. The first-order valence-corrected chi connectivity index (χ1v) is 11.2. The lowest BCUT2D eigenvalue weighted by Gasteiger charge is -2.14. The van der Waals surface area contributed by atoms with Crippen molar-refractivity contribution in [3.05, 3.63) is 63.9 Å². The average Bonchev–Trinajstić information content (AvgIpc) is 3.13.